The summed E-state index contributed by atoms with van der Waals surface area (Å²) in [6, 6.07) is 14.3. The van der Waals surface area contributed by atoms with Gasteiger partial charge in [-0.1, -0.05) is 30.3 Å². The Morgan fingerprint density at radius 2 is 2.05 bits per heavy atom. The predicted octanol–water partition coefficient (Wildman–Crippen LogP) is 3.43. The van der Waals surface area contributed by atoms with Crippen LogP contribution in [0.1, 0.15) is 35.6 Å². The Kier molecular flexibility index (Phi) is 3.84. The van der Waals surface area contributed by atoms with Gasteiger partial charge in [-0.3, -0.25) is 0 Å². The van der Waals surface area contributed by atoms with Crippen molar-refractivity contribution in [1.82, 2.24) is 0 Å². The second-order valence-electron chi connectivity index (χ2n) is 5.60. The normalized spacial score (nSPS) is 17.6. The molecule has 0 bridgehead atoms. The van der Waals surface area contributed by atoms with Gasteiger partial charge in [0.25, 0.3) is 0 Å². The number of fused-ring (bicyclic) bond motifs is 1. The van der Waals surface area contributed by atoms with Crippen LogP contribution in [0.25, 0.3) is 0 Å². The van der Waals surface area contributed by atoms with E-state index in [4.69, 9.17) is 15.2 Å². The molecule has 1 aliphatic carbocycles. The Labute approximate surface area is 125 Å². The predicted molar refractivity (Wildman–Crippen MR) is 84.0 cm³/mol. The highest BCUT2D eigenvalue weighted by Crippen LogP contribution is 2.36. The monoisotopic (exact) mass is 283 g/mol. The van der Waals surface area contributed by atoms with Crippen LogP contribution in [-0.2, 0) is 6.42 Å². The van der Waals surface area contributed by atoms with E-state index in [9.17, 15) is 0 Å². The Morgan fingerprint density at radius 3 is 2.76 bits per heavy atom. The van der Waals surface area contributed by atoms with E-state index in [-0.39, 0.29) is 6.04 Å². The van der Waals surface area contributed by atoms with Crippen LogP contribution in [-0.4, -0.2) is 13.7 Å². The van der Waals surface area contributed by atoms with Crippen molar-refractivity contribution < 1.29 is 9.47 Å². The van der Waals surface area contributed by atoms with E-state index in [1.807, 2.05) is 25.1 Å². The molecule has 2 aromatic rings. The lowest BCUT2D eigenvalue weighted by Gasteiger charge is -2.30. The summed E-state index contributed by atoms with van der Waals surface area (Å²) in [6.45, 7) is 2.65. The zero-order valence-electron chi connectivity index (χ0n) is 12.5. The van der Waals surface area contributed by atoms with Gasteiger partial charge >= 0.3 is 0 Å². The summed E-state index contributed by atoms with van der Waals surface area (Å²) in [4.78, 5) is 0. The van der Waals surface area contributed by atoms with E-state index in [0.717, 1.165) is 23.5 Å². The molecule has 0 fully saturated rings. The maximum Gasteiger partial charge on any atom is 0.127 e. The highest BCUT2D eigenvalue weighted by Gasteiger charge is 2.26. The standard InChI is InChI=1S/C18H21NO2/c1-12(19)16-8-7-15(20-2)10-18(16)21-11-14-9-13-5-3-4-6-17(13)14/h3-8,10,12,14H,9,11,19H2,1-2H3/t12-,14?/m1/s1. The first-order valence-corrected chi connectivity index (χ1v) is 7.33. The molecule has 0 aromatic heterocycles. The van der Waals surface area contributed by atoms with Gasteiger partial charge in [-0.25, -0.2) is 0 Å². The number of methoxy groups -OCH3 is 1. The van der Waals surface area contributed by atoms with Crippen LogP contribution >= 0.6 is 0 Å². The zero-order chi connectivity index (χ0) is 14.8. The maximum atomic E-state index is 6.04. The fourth-order valence-electron chi connectivity index (χ4n) is 2.84. The molecule has 0 aliphatic heterocycles. The van der Waals surface area contributed by atoms with Gasteiger partial charge in [0, 0.05) is 23.6 Å². The molecule has 2 N–H and O–H groups in total. The molecule has 2 atom stereocenters. The molecule has 0 saturated carbocycles. The van der Waals surface area contributed by atoms with Gasteiger partial charge < -0.3 is 15.2 Å². The van der Waals surface area contributed by atoms with Crippen molar-refractivity contribution in [2.75, 3.05) is 13.7 Å². The minimum absolute atomic E-state index is 0.0559. The molecular formula is C18H21NO2. The molecule has 110 valence electrons. The molecule has 0 radical (unpaired) electrons. The molecule has 0 saturated heterocycles. The highest BCUT2D eigenvalue weighted by molar-refractivity contribution is 5.43. The molecule has 0 amide bonds. The molecule has 21 heavy (non-hydrogen) atoms. The number of hydrogen-bond donors (Lipinski definition) is 1. The zero-order valence-corrected chi connectivity index (χ0v) is 12.5. The summed E-state index contributed by atoms with van der Waals surface area (Å²) in [5, 5.41) is 0. The van der Waals surface area contributed by atoms with Gasteiger partial charge in [0.05, 0.1) is 13.7 Å². The van der Waals surface area contributed by atoms with Crippen molar-refractivity contribution >= 4 is 0 Å². The molecule has 2 aromatic carbocycles. The van der Waals surface area contributed by atoms with Crippen LogP contribution in [0.5, 0.6) is 11.5 Å². The SMILES string of the molecule is COc1ccc([C@@H](C)N)c(OCC2Cc3ccccc32)c1. The van der Waals surface area contributed by atoms with Gasteiger partial charge in [-0.05, 0) is 30.5 Å². The average Bonchev–Trinajstić information content (AvgIpc) is 2.47. The van der Waals surface area contributed by atoms with Crippen molar-refractivity contribution in [2.24, 2.45) is 5.73 Å². The van der Waals surface area contributed by atoms with E-state index in [2.05, 4.69) is 24.3 Å². The van der Waals surface area contributed by atoms with Gasteiger partial charge in [-0.15, -0.1) is 0 Å². The smallest absolute Gasteiger partial charge is 0.127 e. The summed E-state index contributed by atoms with van der Waals surface area (Å²) in [5.74, 6) is 2.10. The van der Waals surface area contributed by atoms with E-state index < -0.39 is 0 Å². The van der Waals surface area contributed by atoms with E-state index >= 15 is 0 Å². The Hall–Kier alpha value is -2.00. The molecule has 1 unspecified atom stereocenters. The van der Waals surface area contributed by atoms with Crippen LogP contribution in [0.2, 0.25) is 0 Å². The molecular weight excluding hydrogens is 262 g/mol. The highest BCUT2D eigenvalue weighted by atomic mass is 16.5. The first kappa shape index (κ1) is 14.0. The number of benzene rings is 2. The molecule has 3 heteroatoms. The first-order valence-electron chi connectivity index (χ1n) is 7.33. The molecule has 3 rings (SSSR count). The first-order chi connectivity index (χ1) is 10.2. The van der Waals surface area contributed by atoms with Crippen molar-refractivity contribution in [3.8, 4) is 11.5 Å². The molecule has 0 spiro atoms. The quantitative estimate of drug-likeness (QED) is 0.914. The minimum Gasteiger partial charge on any atom is -0.497 e. The number of rotatable bonds is 5. The molecule has 0 heterocycles. The van der Waals surface area contributed by atoms with Gasteiger partial charge in [0.15, 0.2) is 0 Å². The van der Waals surface area contributed by atoms with Crippen LogP contribution in [0.3, 0.4) is 0 Å². The Bertz CT molecular complexity index is 637. The van der Waals surface area contributed by atoms with Crippen molar-refractivity contribution in [2.45, 2.75) is 25.3 Å². The Balaban J connectivity index is 1.73. The van der Waals surface area contributed by atoms with Crippen molar-refractivity contribution in [3.63, 3.8) is 0 Å². The summed E-state index contributed by atoms with van der Waals surface area (Å²) in [5.41, 5.74) is 9.87. The number of nitrogens with two attached hydrogens (primary N) is 1. The van der Waals surface area contributed by atoms with Gasteiger partial charge in [-0.2, -0.15) is 0 Å². The van der Waals surface area contributed by atoms with E-state index in [1.165, 1.54) is 11.1 Å². The van der Waals surface area contributed by atoms with Crippen LogP contribution in [0, 0.1) is 0 Å². The van der Waals surface area contributed by atoms with Gasteiger partial charge in [0.1, 0.15) is 11.5 Å². The second kappa shape index (κ2) is 5.78. The average molecular weight is 283 g/mol. The third-order valence-corrected chi connectivity index (χ3v) is 4.11. The molecule has 3 nitrogen and oxygen atoms in total. The van der Waals surface area contributed by atoms with Crippen molar-refractivity contribution in [3.05, 3.63) is 59.2 Å². The topological polar surface area (TPSA) is 44.5 Å². The van der Waals surface area contributed by atoms with Crippen LogP contribution < -0.4 is 15.2 Å². The minimum atomic E-state index is -0.0559. The second-order valence-corrected chi connectivity index (χ2v) is 5.60. The van der Waals surface area contributed by atoms with Gasteiger partial charge in [0.2, 0.25) is 0 Å². The lowest BCUT2D eigenvalue weighted by Crippen LogP contribution is -2.23. The fourth-order valence-corrected chi connectivity index (χ4v) is 2.84. The molecule has 1 aliphatic rings. The maximum absolute atomic E-state index is 6.04. The number of hydrogen-bond acceptors (Lipinski definition) is 3. The fraction of sp³-hybridized carbons (Fsp3) is 0.333. The summed E-state index contributed by atoms with van der Waals surface area (Å²) < 4.78 is 11.3. The largest absolute Gasteiger partial charge is 0.497 e. The third-order valence-electron chi connectivity index (χ3n) is 4.11. The van der Waals surface area contributed by atoms with Crippen molar-refractivity contribution in [1.29, 1.82) is 0 Å². The lowest BCUT2D eigenvalue weighted by molar-refractivity contribution is 0.270. The lowest BCUT2D eigenvalue weighted by atomic mass is 9.78. The van der Waals surface area contributed by atoms with Crippen LogP contribution in [0.15, 0.2) is 42.5 Å². The summed E-state index contributed by atoms with van der Waals surface area (Å²) >= 11 is 0. The number of ether oxygens (including phenoxy) is 2. The van der Waals surface area contributed by atoms with E-state index in [1.54, 1.807) is 7.11 Å². The van der Waals surface area contributed by atoms with Crippen LogP contribution in [0.4, 0.5) is 0 Å². The Morgan fingerprint density at radius 1 is 1.24 bits per heavy atom. The summed E-state index contributed by atoms with van der Waals surface area (Å²) in [7, 11) is 1.66. The van der Waals surface area contributed by atoms with E-state index in [0.29, 0.717) is 12.5 Å². The summed E-state index contributed by atoms with van der Waals surface area (Å²) in [6.07, 6.45) is 1.09. The third kappa shape index (κ3) is 2.74.